The van der Waals surface area contributed by atoms with E-state index >= 15 is 0 Å². The molecule has 1 N–H and O–H groups in total. The number of likely N-dealkylation sites (N-methyl/N-ethyl adjacent to an activating group) is 1. The topological polar surface area (TPSA) is 41.6 Å². The lowest BCUT2D eigenvalue weighted by molar-refractivity contribution is -0.129. The molecule has 0 atom stereocenters. The van der Waals surface area contributed by atoms with E-state index in [0.717, 1.165) is 0 Å². The average molecular weight is 272 g/mol. The summed E-state index contributed by atoms with van der Waals surface area (Å²) < 4.78 is 28.8. The molecule has 0 fully saturated rings. The highest BCUT2D eigenvalue weighted by atomic mass is 19.3. The van der Waals surface area contributed by atoms with Gasteiger partial charge in [-0.15, -0.1) is 0 Å². The summed E-state index contributed by atoms with van der Waals surface area (Å²) in [7, 11) is 1.69. The average Bonchev–Trinajstić information content (AvgIpc) is 2.35. The summed E-state index contributed by atoms with van der Waals surface area (Å²) in [5, 5.41) is 2.80. The Morgan fingerprint density at radius 3 is 2.58 bits per heavy atom. The molecule has 0 aliphatic carbocycles. The van der Waals surface area contributed by atoms with Crippen molar-refractivity contribution in [3.05, 3.63) is 24.3 Å². The Hall–Kier alpha value is -1.85. The number of nitrogens with zero attached hydrogens (tertiary/aromatic N) is 1. The van der Waals surface area contributed by atoms with Gasteiger partial charge in [0.15, 0.2) is 0 Å². The predicted molar refractivity (Wildman–Crippen MR) is 69.5 cm³/mol. The van der Waals surface area contributed by atoms with Crippen LogP contribution in [0.4, 0.5) is 14.5 Å². The highest BCUT2D eigenvalue weighted by Gasteiger charge is 2.13. The maximum atomic E-state index is 12.2. The van der Waals surface area contributed by atoms with Crippen molar-refractivity contribution in [2.24, 2.45) is 0 Å². The molecule has 0 aromatic heterocycles. The first-order chi connectivity index (χ1) is 8.91. The molecule has 0 spiro atoms. The number of halogens is 2. The zero-order chi connectivity index (χ0) is 14.4. The number of amides is 1. The third-order valence-corrected chi connectivity index (χ3v) is 2.70. The zero-order valence-corrected chi connectivity index (χ0v) is 11.2. The fourth-order valence-electron chi connectivity index (χ4n) is 1.39. The molecule has 0 radical (unpaired) electrons. The molecule has 0 unspecified atom stereocenters. The molecule has 4 nitrogen and oxygen atoms in total. The van der Waals surface area contributed by atoms with E-state index in [-0.39, 0.29) is 24.2 Å². The molecule has 0 saturated carbocycles. The molecular formula is C13H18F2N2O2. The van der Waals surface area contributed by atoms with Gasteiger partial charge in [-0.25, -0.2) is 0 Å². The SMILES string of the molecule is CC(C)N(C)C(=O)CNc1ccccc1OC(F)F. The summed E-state index contributed by atoms with van der Waals surface area (Å²) in [5.74, 6) is -0.0978. The molecule has 0 saturated heterocycles. The standard InChI is InChI=1S/C13H18F2N2O2/c1-9(2)17(3)12(18)8-16-10-6-4-5-7-11(10)19-13(14)15/h4-7,9,13,16H,8H2,1-3H3. The lowest BCUT2D eigenvalue weighted by atomic mass is 10.3. The zero-order valence-electron chi connectivity index (χ0n) is 11.2. The smallest absolute Gasteiger partial charge is 0.387 e. The van der Waals surface area contributed by atoms with E-state index in [4.69, 9.17) is 0 Å². The maximum Gasteiger partial charge on any atom is 0.387 e. The number of hydrogen-bond acceptors (Lipinski definition) is 3. The van der Waals surface area contributed by atoms with Crippen LogP contribution in [0.5, 0.6) is 5.75 Å². The molecule has 1 aromatic carbocycles. The summed E-state index contributed by atoms with van der Waals surface area (Å²) in [5.41, 5.74) is 0.369. The Kier molecular flexibility index (Phi) is 5.54. The second-order valence-corrected chi connectivity index (χ2v) is 4.33. The van der Waals surface area contributed by atoms with Crippen LogP contribution in [0.25, 0.3) is 0 Å². The molecule has 0 aliphatic rings. The van der Waals surface area contributed by atoms with Gasteiger partial charge in [-0.1, -0.05) is 12.1 Å². The monoisotopic (exact) mass is 272 g/mol. The number of rotatable bonds is 6. The first-order valence-electron chi connectivity index (χ1n) is 5.95. The minimum Gasteiger partial charge on any atom is -0.433 e. The van der Waals surface area contributed by atoms with Crippen LogP contribution in [0.2, 0.25) is 0 Å². The van der Waals surface area contributed by atoms with Gasteiger partial charge in [0.25, 0.3) is 0 Å². The normalized spacial score (nSPS) is 10.7. The number of carbonyl (C=O) groups excluding carboxylic acids is 1. The van der Waals surface area contributed by atoms with Gasteiger partial charge in [-0.2, -0.15) is 8.78 Å². The molecule has 1 amide bonds. The van der Waals surface area contributed by atoms with Crippen LogP contribution in [0, 0.1) is 0 Å². The Balaban J connectivity index is 2.65. The number of alkyl halides is 2. The van der Waals surface area contributed by atoms with E-state index in [1.165, 1.54) is 6.07 Å². The molecule has 0 bridgehead atoms. The van der Waals surface area contributed by atoms with Gasteiger partial charge in [0.2, 0.25) is 5.91 Å². The number of carbonyl (C=O) groups is 1. The van der Waals surface area contributed by atoms with E-state index < -0.39 is 6.61 Å². The summed E-state index contributed by atoms with van der Waals surface area (Å²) in [6.45, 7) is 0.924. The fourth-order valence-corrected chi connectivity index (χ4v) is 1.39. The Morgan fingerprint density at radius 1 is 1.37 bits per heavy atom. The van der Waals surface area contributed by atoms with Crippen molar-refractivity contribution < 1.29 is 18.3 Å². The Bertz CT molecular complexity index is 425. The van der Waals surface area contributed by atoms with E-state index in [1.54, 1.807) is 30.1 Å². The lowest BCUT2D eigenvalue weighted by Crippen LogP contribution is -2.37. The Morgan fingerprint density at radius 2 is 2.00 bits per heavy atom. The van der Waals surface area contributed by atoms with Crippen molar-refractivity contribution in [3.8, 4) is 5.75 Å². The van der Waals surface area contributed by atoms with Crippen molar-refractivity contribution in [1.29, 1.82) is 0 Å². The quantitative estimate of drug-likeness (QED) is 0.865. The van der Waals surface area contributed by atoms with Crippen LogP contribution in [0.15, 0.2) is 24.3 Å². The Labute approximate surface area is 111 Å². The highest BCUT2D eigenvalue weighted by molar-refractivity contribution is 5.81. The van der Waals surface area contributed by atoms with Gasteiger partial charge in [-0.3, -0.25) is 4.79 Å². The molecule has 19 heavy (non-hydrogen) atoms. The van der Waals surface area contributed by atoms with Crippen LogP contribution in [0.1, 0.15) is 13.8 Å². The van der Waals surface area contributed by atoms with Crippen LogP contribution >= 0.6 is 0 Å². The third kappa shape index (κ3) is 4.73. The first-order valence-corrected chi connectivity index (χ1v) is 5.95. The molecule has 0 heterocycles. The van der Waals surface area contributed by atoms with Gasteiger partial charge in [0, 0.05) is 13.1 Å². The first kappa shape index (κ1) is 15.2. The molecule has 0 aliphatic heterocycles. The minimum atomic E-state index is -2.89. The van der Waals surface area contributed by atoms with E-state index in [9.17, 15) is 13.6 Å². The molecule has 1 aromatic rings. The highest BCUT2D eigenvalue weighted by Crippen LogP contribution is 2.25. The third-order valence-electron chi connectivity index (χ3n) is 2.70. The van der Waals surface area contributed by atoms with E-state index in [1.807, 2.05) is 13.8 Å². The summed E-state index contributed by atoms with van der Waals surface area (Å²) in [6.07, 6.45) is 0. The van der Waals surface area contributed by atoms with Crippen molar-refractivity contribution in [2.75, 3.05) is 18.9 Å². The van der Waals surface area contributed by atoms with Gasteiger partial charge in [0.1, 0.15) is 5.75 Å². The molecular weight excluding hydrogens is 254 g/mol. The van der Waals surface area contributed by atoms with Gasteiger partial charge < -0.3 is 15.0 Å². The summed E-state index contributed by atoms with van der Waals surface area (Å²) >= 11 is 0. The molecule has 1 rings (SSSR count). The van der Waals surface area contributed by atoms with Gasteiger partial charge in [0.05, 0.1) is 12.2 Å². The molecule has 106 valence electrons. The summed E-state index contributed by atoms with van der Waals surface area (Å²) in [6, 6.07) is 6.36. The number of hydrogen-bond donors (Lipinski definition) is 1. The van der Waals surface area contributed by atoms with Crippen molar-refractivity contribution >= 4 is 11.6 Å². The number of nitrogens with one attached hydrogen (secondary N) is 1. The predicted octanol–water partition coefficient (Wildman–Crippen LogP) is 2.57. The van der Waals surface area contributed by atoms with Gasteiger partial charge >= 0.3 is 6.61 Å². The van der Waals surface area contributed by atoms with Crippen molar-refractivity contribution in [1.82, 2.24) is 4.90 Å². The number of anilines is 1. The van der Waals surface area contributed by atoms with E-state index in [2.05, 4.69) is 10.1 Å². The van der Waals surface area contributed by atoms with Crippen LogP contribution in [-0.4, -0.2) is 37.1 Å². The second kappa shape index (κ2) is 6.92. The number of para-hydroxylation sites is 2. The second-order valence-electron chi connectivity index (χ2n) is 4.33. The van der Waals surface area contributed by atoms with Crippen LogP contribution in [0.3, 0.4) is 0 Å². The summed E-state index contributed by atoms with van der Waals surface area (Å²) in [4.78, 5) is 13.3. The van der Waals surface area contributed by atoms with Crippen LogP contribution in [-0.2, 0) is 4.79 Å². The van der Waals surface area contributed by atoms with Crippen LogP contribution < -0.4 is 10.1 Å². The van der Waals surface area contributed by atoms with Crippen molar-refractivity contribution in [2.45, 2.75) is 26.5 Å². The largest absolute Gasteiger partial charge is 0.433 e. The van der Waals surface area contributed by atoms with Gasteiger partial charge in [-0.05, 0) is 26.0 Å². The minimum absolute atomic E-state index is 0.0255. The van der Waals surface area contributed by atoms with E-state index in [0.29, 0.717) is 5.69 Å². The lowest BCUT2D eigenvalue weighted by Gasteiger charge is -2.22. The van der Waals surface area contributed by atoms with Crippen molar-refractivity contribution in [3.63, 3.8) is 0 Å². The fraction of sp³-hybridized carbons (Fsp3) is 0.462. The number of ether oxygens (including phenoxy) is 1. The number of benzene rings is 1. The molecule has 6 heteroatoms. The maximum absolute atomic E-state index is 12.2.